The Hall–Kier alpha value is -3.17. The number of nitrogens with one attached hydrogen (secondary N) is 2. The fourth-order valence-corrected chi connectivity index (χ4v) is 4.14. The number of nitrogens with two attached hydrogens (primary N) is 1. The minimum atomic E-state index is -0.840. The van der Waals surface area contributed by atoms with Crippen LogP contribution in [0.1, 0.15) is 28.4 Å². The average molecular weight is 447 g/mol. The summed E-state index contributed by atoms with van der Waals surface area (Å²) in [6.07, 6.45) is 0.606. The lowest BCUT2D eigenvalue weighted by molar-refractivity contribution is 0.0996. The summed E-state index contributed by atoms with van der Waals surface area (Å²) in [5.41, 5.74) is 6.21. The summed E-state index contributed by atoms with van der Waals surface area (Å²) in [6.45, 7) is 0.440. The molecule has 0 spiro atoms. The van der Waals surface area contributed by atoms with Crippen molar-refractivity contribution in [1.82, 2.24) is 10.3 Å². The van der Waals surface area contributed by atoms with Crippen LogP contribution in [0.25, 0.3) is 10.6 Å². The number of carbonyl (C=O) groups excluding carboxylic acids is 2. The molecule has 1 aromatic heterocycles. The van der Waals surface area contributed by atoms with E-state index in [2.05, 4.69) is 15.6 Å². The molecule has 4 N–H and O–H groups in total. The van der Waals surface area contributed by atoms with Crippen LogP contribution in [0.5, 0.6) is 5.75 Å². The molecular weight excluding hydrogens is 431 g/mol. The van der Waals surface area contributed by atoms with Crippen molar-refractivity contribution in [2.45, 2.75) is 12.5 Å². The van der Waals surface area contributed by atoms with E-state index < -0.39 is 17.8 Å². The molecule has 4 rings (SSSR count). The summed E-state index contributed by atoms with van der Waals surface area (Å²) in [4.78, 5) is 27.9. The molecule has 30 heavy (non-hydrogen) atoms. The molecule has 0 aliphatic carbocycles. The van der Waals surface area contributed by atoms with Crippen LogP contribution in [0.15, 0.2) is 41.8 Å². The summed E-state index contributed by atoms with van der Waals surface area (Å²) in [7, 11) is 0. The molecule has 0 saturated carbocycles. The first kappa shape index (κ1) is 20.1. The Morgan fingerprint density at radius 3 is 2.90 bits per heavy atom. The molecular formula is C20H16ClFN4O3S. The third-order valence-corrected chi connectivity index (χ3v) is 5.75. The van der Waals surface area contributed by atoms with Crippen LogP contribution in [0.3, 0.4) is 0 Å². The molecule has 154 valence electrons. The summed E-state index contributed by atoms with van der Waals surface area (Å²) in [5.74, 6) is -0.661. The molecule has 10 heteroatoms. The molecule has 0 bridgehead atoms. The number of amides is 3. The van der Waals surface area contributed by atoms with Crippen LogP contribution in [0.2, 0.25) is 5.02 Å². The van der Waals surface area contributed by atoms with E-state index in [1.165, 1.54) is 23.5 Å². The maximum absolute atomic E-state index is 14.0. The first-order valence-corrected chi connectivity index (χ1v) is 10.2. The van der Waals surface area contributed by atoms with E-state index in [4.69, 9.17) is 22.1 Å². The monoisotopic (exact) mass is 446 g/mol. The summed E-state index contributed by atoms with van der Waals surface area (Å²) < 4.78 is 19.6. The lowest BCUT2D eigenvalue weighted by atomic mass is 10.0. The van der Waals surface area contributed by atoms with Gasteiger partial charge in [0.2, 0.25) is 0 Å². The third-order valence-electron chi connectivity index (χ3n) is 4.56. The predicted molar refractivity (Wildman–Crippen MR) is 112 cm³/mol. The van der Waals surface area contributed by atoms with Crippen molar-refractivity contribution in [3.05, 3.63) is 63.7 Å². The van der Waals surface area contributed by atoms with Crippen LogP contribution in [-0.4, -0.2) is 23.5 Å². The molecule has 0 radical (unpaired) electrons. The van der Waals surface area contributed by atoms with Crippen molar-refractivity contribution < 1.29 is 18.7 Å². The maximum Gasteiger partial charge on any atom is 0.320 e. The number of anilines is 1. The number of urea groups is 1. The molecule has 2 heterocycles. The largest absolute Gasteiger partial charge is 0.492 e. The average Bonchev–Trinajstić information content (AvgIpc) is 3.17. The number of aromatic nitrogens is 1. The maximum atomic E-state index is 14.0. The Kier molecular flexibility index (Phi) is 5.56. The van der Waals surface area contributed by atoms with Gasteiger partial charge in [0.25, 0.3) is 5.91 Å². The highest BCUT2D eigenvalue weighted by atomic mass is 35.5. The zero-order chi connectivity index (χ0) is 21.3. The van der Waals surface area contributed by atoms with Gasteiger partial charge in [-0.05, 0) is 18.2 Å². The number of thiazole rings is 1. The zero-order valence-electron chi connectivity index (χ0n) is 15.4. The van der Waals surface area contributed by atoms with E-state index in [0.717, 1.165) is 5.56 Å². The van der Waals surface area contributed by atoms with Crippen LogP contribution >= 0.6 is 22.9 Å². The Balaban J connectivity index is 1.45. The summed E-state index contributed by atoms with van der Waals surface area (Å²) >= 11 is 7.39. The minimum absolute atomic E-state index is 0.190. The van der Waals surface area contributed by atoms with Crippen molar-refractivity contribution in [2.24, 2.45) is 5.73 Å². The van der Waals surface area contributed by atoms with Crippen LogP contribution in [-0.2, 0) is 0 Å². The molecule has 0 unspecified atom stereocenters. The molecule has 7 nitrogen and oxygen atoms in total. The Labute approximate surface area is 180 Å². The van der Waals surface area contributed by atoms with Gasteiger partial charge in [0.15, 0.2) is 0 Å². The van der Waals surface area contributed by atoms with E-state index in [9.17, 15) is 14.0 Å². The first-order valence-electron chi connectivity index (χ1n) is 8.96. The number of para-hydroxylation sites is 1. The minimum Gasteiger partial charge on any atom is -0.492 e. The highest BCUT2D eigenvalue weighted by molar-refractivity contribution is 7.13. The quantitative estimate of drug-likeness (QED) is 0.554. The predicted octanol–water partition coefficient (Wildman–Crippen LogP) is 4.35. The Morgan fingerprint density at radius 1 is 1.30 bits per heavy atom. The lowest BCUT2D eigenvalue weighted by Gasteiger charge is -2.27. The van der Waals surface area contributed by atoms with Gasteiger partial charge in [-0.25, -0.2) is 14.2 Å². The van der Waals surface area contributed by atoms with Crippen molar-refractivity contribution in [2.75, 3.05) is 11.9 Å². The van der Waals surface area contributed by atoms with Gasteiger partial charge < -0.3 is 15.8 Å². The lowest BCUT2D eigenvalue weighted by Crippen LogP contribution is -2.35. The Morgan fingerprint density at radius 2 is 2.13 bits per heavy atom. The highest BCUT2D eigenvalue weighted by Crippen LogP contribution is 2.37. The van der Waals surface area contributed by atoms with Crippen molar-refractivity contribution in [1.29, 1.82) is 0 Å². The van der Waals surface area contributed by atoms with Crippen LogP contribution in [0.4, 0.5) is 15.0 Å². The summed E-state index contributed by atoms with van der Waals surface area (Å²) in [5, 5.41) is 8.20. The van der Waals surface area contributed by atoms with Crippen LogP contribution < -0.4 is 21.1 Å². The van der Waals surface area contributed by atoms with Gasteiger partial charge in [-0.15, -0.1) is 11.3 Å². The molecule has 3 aromatic rings. The van der Waals surface area contributed by atoms with Gasteiger partial charge in [0.05, 0.1) is 23.2 Å². The molecule has 1 atom stereocenters. The highest BCUT2D eigenvalue weighted by Gasteiger charge is 2.25. The van der Waals surface area contributed by atoms with Gasteiger partial charge in [-0.1, -0.05) is 29.8 Å². The number of nitrogens with zero attached hydrogens (tertiary/aromatic N) is 1. The van der Waals surface area contributed by atoms with E-state index in [1.54, 1.807) is 23.6 Å². The molecule has 1 aliphatic heterocycles. The number of benzene rings is 2. The molecule has 1 aliphatic rings. The van der Waals surface area contributed by atoms with Gasteiger partial charge in [0, 0.05) is 22.9 Å². The van der Waals surface area contributed by atoms with Gasteiger partial charge in [-0.3, -0.25) is 10.1 Å². The number of ether oxygens (including phenoxy) is 1. The fraction of sp³-hybridized carbons (Fsp3) is 0.150. The second kappa shape index (κ2) is 8.29. The molecule has 3 amide bonds. The van der Waals surface area contributed by atoms with E-state index in [-0.39, 0.29) is 11.6 Å². The number of primary amides is 1. The van der Waals surface area contributed by atoms with E-state index >= 15 is 0 Å². The summed E-state index contributed by atoms with van der Waals surface area (Å²) in [6, 6.07) is 8.76. The van der Waals surface area contributed by atoms with E-state index in [0.29, 0.717) is 40.2 Å². The van der Waals surface area contributed by atoms with Crippen LogP contribution in [0, 0.1) is 5.82 Å². The molecule has 0 fully saturated rings. The number of halogens is 2. The number of carbonyl (C=O) groups is 2. The second-order valence-corrected chi connectivity index (χ2v) is 7.81. The molecule has 0 saturated heterocycles. The zero-order valence-corrected chi connectivity index (χ0v) is 17.0. The number of hydrogen-bond donors (Lipinski definition) is 3. The smallest absolute Gasteiger partial charge is 0.320 e. The van der Waals surface area contributed by atoms with Gasteiger partial charge >= 0.3 is 6.03 Å². The fourth-order valence-electron chi connectivity index (χ4n) is 3.16. The van der Waals surface area contributed by atoms with Gasteiger partial charge in [0.1, 0.15) is 22.4 Å². The number of hydrogen-bond acceptors (Lipinski definition) is 5. The van der Waals surface area contributed by atoms with Gasteiger partial charge in [-0.2, -0.15) is 0 Å². The number of fused-ring (bicyclic) bond motifs is 1. The second-order valence-electron chi connectivity index (χ2n) is 6.54. The molecule has 2 aromatic carbocycles. The standard InChI is InChI=1S/C20H16ClFN4O3S/c21-13-3-1-2-12-15(6-7-29-17(12)13)24-20(28)26-16-9-30-19(25-16)10-4-5-11(18(23)27)14(22)8-10/h1-5,8-9,15H,6-7H2,(H2,23,27)(H2,24,26,28)/t15-/m0/s1. The Bertz CT molecular complexity index is 1140. The van der Waals surface area contributed by atoms with Crippen molar-refractivity contribution in [3.63, 3.8) is 0 Å². The third kappa shape index (κ3) is 4.07. The van der Waals surface area contributed by atoms with Crippen molar-refractivity contribution >= 4 is 40.7 Å². The first-order chi connectivity index (χ1) is 14.4. The van der Waals surface area contributed by atoms with E-state index in [1.807, 2.05) is 6.07 Å². The van der Waals surface area contributed by atoms with Crippen molar-refractivity contribution in [3.8, 4) is 16.3 Å². The normalized spacial score (nSPS) is 15.1. The topological polar surface area (TPSA) is 106 Å². The number of rotatable bonds is 4. The SMILES string of the molecule is NC(=O)c1ccc(-c2nc(NC(=O)N[C@H]3CCOc4c(Cl)cccc43)cs2)cc1F.